The summed E-state index contributed by atoms with van der Waals surface area (Å²) in [5.41, 5.74) is 0.547. The Labute approximate surface area is 186 Å². The molecule has 0 unspecified atom stereocenters. The van der Waals surface area contributed by atoms with Crippen molar-refractivity contribution < 1.29 is 14.3 Å². The van der Waals surface area contributed by atoms with Crippen molar-refractivity contribution >= 4 is 39.5 Å². The van der Waals surface area contributed by atoms with Gasteiger partial charge in [0.2, 0.25) is 0 Å². The van der Waals surface area contributed by atoms with Gasteiger partial charge >= 0.3 is 6.09 Å². The minimum Gasteiger partial charge on any atom is -0.486 e. The first-order valence-corrected chi connectivity index (χ1v) is 11.6. The Morgan fingerprint density at radius 3 is 2.45 bits per heavy atom. The van der Waals surface area contributed by atoms with Crippen molar-refractivity contribution in [3.63, 3.8) is 0 Å². The molecule has 1 aliphatic heterocycles. The molecule has 1 N–H and O–H groups in total. The maximum absolute atomic E-state index is 11.5. The number of nitrogens with one attached hydrogen (secondary N) is 1. The molecule has 2 aliphatic rings. The van der Waals surface area contributed by atoms with Crippen molar-refractivity contribution in [3.8, 4) is 5.75 Å². The van der Waals surface area contributed by atoms with Gasteiger partial charge in [-0.05, 0) is 83.7 Å². The lowest BCUT2D eigenvalue weighted by Gasteiger charge is -2.47. The van der Waals surface area contributed by atoms with Crippen LogP contribution in [0.15, 0.2) is 30.3 Å². The Morgan fingerprint density at radius 2 is 1.83 bits per heavy atom. The lowest BCUT2D eigenvalue weighted by Crippen LogP contribution is -2.49. The Kier molecular flexibility index (Phi) is 5.24. The van der Waals surface area contributed by atoms with Gasteiger partial charge in [0.15, 0.2) is 0 Å². The zero-order valence-corrected chi connectivity index (χ0v) is 19.9. The molecule has 4 nitrogen and oxygen atoms in total. The molecule has 0 bridgehead atoms. The van der Waals surface area contributed by atoms with Crippen LogP contribution in [0.5, 0.6) is 5.75 Å². The number of halogens is 1. The number of carbonyl (C=O) groups is 1. The van der Waals surface area contributed by atoms with Gasteiger partial charge in [0.25, 0.3) is 0 Å². The lowest BCUT2D eigenvalue weighted by atomic mass is 9.68. The van der Waals surface area contributed by atoms with Gasteiger partial charge < -0.3 is 14.8 Å². The first kappa shape index (κ1) is 20.8. The molecule has 2 aromatic rings. The number of alkyl carbamates (subject to hydrolysis) is 1. The molecule has 0 radical (unpaired) electrons. The fraction of sp³-hybridized carbons (Fsp3) is 0.542. The molecule has 156 valence electrons. The van der Waals surface area contributed by atoms with E-state index < -0.39 is 5.54 Å². The number of amides is 1. The first-order valence-electron chi connectivity index (χ1n) is 10.5. The van der Waals surface area contributed by atoms with Gasteiger partial charge in [-0.15, -0.1) is 0 Å². The first-order chi connectivity index (χ1) is 13.6. The molecular weight excluding hydrogens is 477 g/mol. The highest BCUT2D eigenvalue weighted by Crippen LogP contribution is 2.46. The third-order valence-electron chi connectivity index (χ3n) is 6.76. The van der Waals surface area contributed by atoms with Crippen molar-refractivity contribution in [2.45, 2.75) is 70.9 Å². The quantitative estimate of drug-likeness (QED) is 0.481. The van der Waals surface area contributed by atoms with E-state index in [4.69, 9.17) is 9.47 Å². The third-order valence-corrected chi connectivity index (χ3v) is 7.87. The van der Waals surface area contributed by atoms with Crippen LogP contribution in [0, 0.1) is 8.99 Å². The fourth-order valence-corrected chi connectivity index (χ4v) is 5.48. The van der Waals surface area contributed by atoms with Crippen LogP contribution in [0.25, 0.3) is 10.8 Å². The molecule has 1 heterocycles. The van der Waals surface area contributed by atoms with E-state index in [0.29, 0.717) is 6.61 Å². The van der Waals surface area contributed by atoms with E-state index in [1.807, 2.05) is 6.92 Å². The molecule has 1 amide bonds. The predicted molar refractivity (Wildman–Crippen MR) is 124 cm³/mol. The highest BCUT2D eigenvalue weighted by Gasteiger charge is 2.45. The van der Waals surface area contributed by atoms with Crippen molar-refractivity contribution in [2.75, 3.05) is 6.61 Å². The molecule has 2 fully saturated rings. The van der Waals surface area contributed by atoms with Crippen molar-refractivity contribution in [1.29, 1.82) is 0 Å². The summed E-state index contributed by atoms with van der Waals surface area (Å²) in [5.74, 6) is 0.978. The van der Waals surface area contributed by atoms with Crippen LogP contribution in [0.4, 0.5) is 4.79 Å². The van der Waals surface area contributed by atoms with Crippen LogP contribution >= 0.6 is 22.6 Å². The topological polar surface area (TPSA) is 47.6 Å². The van der Waals surface area contributed by atoms with Gasteiger partial charge in [0.1, 0.15) is 18.0 Å². The van der Waals surface area contributed by atoms with Crippen LogP contribution in [-0.2, 0) is 10.3 Å². The Morgan fingerprint density at radius 1 is 1.10 bits per heavy atom. The summed E-state index contributed by atoms with van der Waals surface area (Å²) >= 11 is 2.42. The molecule has 5 heteroatoms. The van der Waals surface area contributed by atoms with Crippen LogP contribution in [-0.4, -0.2) is 18.3 Å². The van der Waals surface area contributed by atoms with Gasteiger partial charge in [0, 0.05) is 5.41 Å². The lowest BCUT2D eigenvalue weighted by molar-refractivity contribution is -0.0619. The number of hydrogen-bond donors (Lipinski definition) is 1. The van der Waals surface area contributed by atoms with Crippen molar-refractivity contribution in [3.05, 3.63) is 39.5 Å². The summed E-state index contributed by atoms with van der Waals surface area (Å²) in [4.78, 5) is 11.5. The molecular formula is C24H30INO3. The normalized spacial score (nSPS) is 24.2. The summed E-state index contributed by atoms with van der Waals surface area (Å²) in [6.45, 7) is 9.26. The molecule has 1 atom stereocenters. The Hall–Kier alpha value is -1.50. The van der Waals surface area contributed by atoms with E-state index in [9.17, 15) is 4.79 Å². The minimum absolute atomic E-state index is 0.0879. The highest BCUT2D eigenvalue weighted by molar-refractivity contribution is 14.1. The minimum atomic E-state index is -0.482. The van der Waals surface area contributed by atoms with Gasteiger partial charge in [0.05, 0.1) is 9.11 Å². The monoisotopic (exact) mass is 507 g/mol. The molecule has 4 rings (SSSR count). The number of carbonyl (C=O) groups excluding carboxylic acids is 1. The van der Waals surface area contributed by atoms with Crippen LogP contribution in [0.3, 0.4) is 0 Å². The number of hydrogen-bond acceptors (Lipinski definition) is 3. The molecule has 1 aliphatic carbocycles. The summed E-state index contributed by atoms with van der Waals surface area (Å²) in [7, 11) is 0. The smallest absolute Gasteiger partial charge is 0.408 e. The zero-order chi connectivity index (χ0) is 20.9. The second-order valence-corrected chi connectivity index (χ2v) is 10.8. The summed E-state index contributed by atoms with van der Waals surface area (Å²) in [6.07, 6.45) is 5.64. The molecule has 1 saturated carbocycles. The number of fused-ring (bicyclic) bond motifs is 1. The molecule has 0 spiro atoms. The number of benzene rings is 2. The molecule has 1 saturated heterocycles. The van der Waals surface area contributed by atoms with E-state index in [2.05, 4.69) is 79.0 Å². The van der Waals surface area contributed by atoms with Gasteiger partial charge in [-0.3, -0.25) is 0 Å². The standard InChI is InChI=1S/C24H30INO3/c1-22(2,3)24(12-6-5-7-13-24)29-19-11-8-16-14-17(9-10-18(16)20(19)25)23(4)15-28-21(27)26-23/h8-11,14H,5-7,12-13,15H2,1-4H3,(H,26,27)/t23-/m1/s1. The molecule has 2 aromatic carbocycles. The molecule has 29 heavy (non-hydrogen) atoms. The van der Waals surface area contributed by atoms with Gasteiger partial charge in [-0.1, -0.05) is 45.4 Å². The van der Waals surface area contributed by atoms with E-state index in [1.54, 1.807) is 0 Å². The maximum Gasteiger partial charge on any atom is 0.408 e. The average Bonchev–Trinajstić information content (AvgIpc) is 3.04. The Balaban J connectivity index is 1.69. The van der Waals surface area contributed by atoms with E-state index in [1.165, 1.54) is 24.6 Å². The maximum atomic E-state index is 11.5. The predicted octanol–water partition coefficient (Wildman–Crippen LogP) is 6.53. The third kappa shape index (κ3) is 3.71. The average molecular weight is 507 g/mol. The van der Waals surface area contributed by atoms with Gasteiger partial charge in [-0.25, -0.2) is 4.79 Å². The SMILES string of the molecule is CC(C)(C)C1(Oc2ccc3cc([C@@]4(C)COC(=O)N4)ccc3c2I)CCCCC1. The van der Waals surface area contributed by atoms with Crippen LogP contribution in [0.2, 0.25) is 0 Å². The summed E-state index contributed by atoms with van der Waals surface area (Å²) in [6, 6.07) is 10.6. The summed E-state index contributed by atoms with van der Waals surface area (Å²) in [5, 5.41) is 5.25. The van der Waals surface area contributed by atoms with Crippen LogP contribution < -0.4 is 10.1 Å². The van der Waals surface area contributed by atoms with Crippen molar-refractivity contribution in [1.82, 2.24) is 5.32 Å². The van der Waals surface area contributed by atoms with E-state index >= 15 is 0 Å². The number of ether oxygens (including phenoxy) is 2. The summed E-state index contributed by atoms with van der Waals surface area (Å²) < 4.78 is 13.1. The van der Waals surface area contributed by atoms with Crippen LogP contribution in [0.1, 0.15) is 65.4 Å². The van der Waals surface area contributed by atoms with Crippen molar-refractivity contribution in [2.24, 2.45) is 5.41 Å². The van der Waals surface area contributed by atoms with E-state index in [0.717, 1.165) is 33.1 Å². The Bertz CT molecular complexity index is 943. The second kappa shape index (κ2) is 7.33. The van der Waals surface area contributed by atoms with Gasteiger partial charge in [-0.2, -0.15) is 0 Å². The largest absolute Gasteiger partial charge is 0.486 e. The fourth-order valence-electron chi connectivity index (χ4n) is 4.70. The second-order valence-electron chi connectivity index (χ2n) is 9.75. The van der Waals surface area contributed by atoms with E-state index in [-0.39, 0.29) is 17.1 Å². The number of rotatable bonds is 3. The number of cyclic esters (lactones) is 1. The molecule has 0 aromatic heterocycles. The zero-order valence-electron chi connectivity index (χ0n) is 17.7. The highest BCUT2D eigenvalue weighted by atomic mass is 127.